The van der Waals surface area contributed by atoms with Crippen molar-refractivity contribution in [1.29, 1.82) is 0 Å². The SMILES string of the molecule is COc1ccc(C[N+](=O)[O-])c(Br)c1O. The van der Waals surface area contributed by atoms with Gasteiger partial charge in [-0.3, -0.25) is 10.1 Å². The van der Waals surface area contributed by atoms with Gasteiger partial charge in [-0.2, -0.15) is 0 Å². The van der Waals surface area contributed by atoms with Gasteiger partial charge >= 0.3 is 0 Å². The van der Waals surface area contributed by atoms with Crippen LogP contribution in [0.25, 0.3) is 0 Å². The van der Waals surface area contributed by atoms with Crippen LogP contribution in [0.4, 0.5) is 0 Å². The molecule has 0 atom stereocenters. The van der Waals surface area contributed by atoms with Crippen molar-refractivity contribution in [2.24, 2.45) is 0 Å². The van der Waals surface area contributed by atoms with E-state index in [1.165, 1.54) is 19.2 Å². The van der Waals surface area contributed by atoms with E-state index in [9.17, 15) is 15.2 Å². The van der Waals surface area contributed by atoms with E-state index in [1.54, 1.807) is 0 Å². The van der Waals surface area contributed by atoms with Crippen molar-refractivity contribution < 1.29 is 14.8 Å². The molecule has 0 saturated carbocycles. The normalized spacial score (nSPS) is 9.86. The van der Waals surface area contributed by atoms with Gasteiger partial charge < -0.3 is 9.84 Å². The van der Waals surface area contributed by atoms with Crippen LogP contribution >= 0.6 is 15.9 Å². The van der Waals surface area contributed by atoms with Crippen LogP contribution in [0.2, 0.25) is 0 Å². The number of halogens is 1. The van der Waals surface area contributed by atoms with E-state index in [4.69, 9.17) is 4.74 Å². The third-order valence-corrected chi connectivity index (χ3v) is 2.56. The summed E-state index contributed by atoms with van der Waals surface area (Å²) >= 11 is 3.07. The van der Waals surface area contributed by atoms with Gasteiger partial charge in [-0.05, 0) is 28.1 Å². The number of hydrogen-bond acceptors (Lipinski definition) is 4. The summed E-state index contributed by atoms with van der Waals surface area (Å²) in [6.45, 7) is -0.335. The maximum Gasteiger partial charge on any atom is 0.230 e. The fourth-order valence-electron chi connectivity index (χ4n) is 1.01. The maximum atomic E-state index is 10.3. The van der Waals surface area contributed by atoms with Gasteiger partial charge in [-0.25, -0.2) is 0 Å². The summed E-state index contributed by atoms with van der Waals surface area (Å²) in [7, 11) is 1.41. The summed E-state index contributed by atoms with van der Waals surface area (Å²) in [5, 5.41) is 19.8. The molecular formula is C8H8BrNO4. The standard InChI is InChI=1S/C8H8BrNO4/c1-14-6-3-2-5(4-10(12)13)7(9)8(6)11/h2-3,11H,4H2,1H3. The Balaban J connectivity index is 3.10. The van der Waals surface area contributed by atoms with E-state index in [0.29, 0.717) is 10.0 Å². The lowest BCUT2D eigenvalue weighted by Crippen LogP contribution is -1.99. The second-order valence-corrected chi connectivity index (χ2v) is 3.37. The first-order valence-electron chi connectivity index (χ1n) is 3.72. The van der Waals surface area contributed by atoms with Crippen LogP contribution in [0, 0.1) is 10.1 Å². The number of phenols is 1. The molecule has 0 spiro atoms. The van der Waals surface area contributed by atoms with Gasteiger partial charge in [0.1, 0.15) is 0 Å². The summed E-state index contributed by atoms with van der Waals surface area (Å²) in [5.74, 6) is 0.163. The third-order valence-electron chi connectivity index (χ3n) is 1.68. The van der Waals surface area contributed by atoms with Crippen molar-refractivity contribution in [3.63, 3.8) is 0 Å². The molecule has 1 N–H and O–H groups in total. The van der Waals surface area contributed by atoms with Gasteiger partial charge in [0.25, 0.3) is 0 Å². The summed E-state index contributed by atoms with van der Waals surface area (Å²) in [6.07, 6.45) is 0. The maximum absolute atomic E-state index is 10.3. The lowest BCUT2D eigenvalue weighted by molar-refractivity contribution is -0.497. The number of benzene rings is 1. The highest BCUT2D eigenvalue weighted by atomic mass is 79.9. The Hall–Kier alpha value is -1.30. The van der Waals surface area contributed by atoms with Gasteiger partial charge in [0.05, 0.1) is 11.6 Å². The molecule has 0 heterocycles. The Morgan fingerprint density at radius 2 is 2.29 bits per heavy atom. The van der Waals surface area contributed by atoms with Crippen molar-refractivity contribution in [2.75, 3.05) is 7.11 Å². The summed E-state index contributed by atoms with van der Waals surface area (Å²) in [4.78, 5) is 9.79. The highest BCUT2D eigenvalue weighted by Crippen LogP contribution is 2.36. The van der Waals surface area contributed by atoms with Gasteiger partial charge in [0, 0.05) is 10.5 Å². The highest BCUT2D eigenvalue weighted by Gasteiger charge is 2.13. The lowest BCUT2D eigenvalue weighted by Gasteiger charge is -2.06. The molecule has 6 heteroatoms. The second kappa shape index (κ2) is 4.28. The van der Waals surface area contributed by atoms with Crippen molar-refractivity contribution in [1.82, 2.24) is 0 Å². The van der Waals surface area contributed by atoms with Gasteiger partial charge in [-0.15, -0.1) is 0 Å². The monoisotopic (exact) mass is 261 g/mol. The zero-order chi connectivity index (χ0) is 10.7. The molecule has 5 nitrogen and oxygen atoms in total. The summed E-state index contributed by atoms with van der Waals surface area (Å²) in [5.41, 5.74) is 0.410. The lowest BCUT2D eigenvalue weighted by atomic mass is 10.2. The number of ether oxygens (including phenoxy) is 1. The van der Waals surface area contributed by atoms with Gasteiger partial charge in [0.15, 0.2) is 11.5 Å². The molecule has 0 aliphatic carbocycles. The van der Waals surface area contributed by atoms with Crippen LogP contribution in [-0.4, -0.2) is 17.1 Å². The molecule has 0 unspecified atom stereocenters. The minimum absolute atomic E-state index is 0.119. The van der Waals surface area contributed by atoms with E-state index in [1.807, 2.05) is 0 Å². The number of nitrogens with zero attached hydrogens (tertiary/aromatic N) is 1. The number of hydrogen-bond donors (Lipinski definition) is 1. The van der Waals surface area contributed by atoms with Crippen LogP contribution in [0.5, 0.6) is 11.5 Å². The highest BCUT2D eigenvalue weighted by molar-refractivity contribution is 9.10. The van der Waals surface area contributed by atoms with Crippen LogP contribution < -0.4 is 4.74 Å². The average Bonchev–Trinajstić information content (AvgIpc) is 2.13. The molecule has 1 rings (SSSR count). The molecule has 0 aliphatic rings. The van der Waals surface area contributed by atoms with E-state index in [-0.39, 0.29) is 18.0 Å². The van der Waals surface area contributed by atoms with E-state index in [2.05, 4.69) is 15.9 Å². The largest absolute Gasteiger partial charge is 0.503 e. The molecule has 1 aromatic carbocycles. The van der Waals surface area contributed by atoms with E-state index < -0.39 is 4.92 Å². The van der Waals surface area contributed by atoms with Crippen LogP contribution in [-0.2, 0) is 6.54 Å². The minimum Gasteiger partial charge on any atom is -0.503 e. The summed E-state index contributed by atoms with van der Waals surface area (Å²) in [6, 6.07) is 3.02. The fraction of sp³-hybridized carbons (Fsp3) is 0.250. The van der Waals surface area contributed by atoms with E-state index in [0.717, 1.165) is 0 Å². The molecule has 0 saturated heterocycles. The van der Waals surface area contributed by atoms with Crippen LogP contribution in [0.15, 0.2) is 16.6 Å². The topological polar surface area (TPSA) is 72.6 Å². The Bertz CT molecular complexity index is 367. The van der Waals surface area contributed by atoms with Crippen molar-refractivity contribution >= 4 is 15.9 Å². The molecule has 0 aliphatic heterocycles. The molecule has 0 aromatic heterocycles. The van der Waals surface area contributed by atoms with Crippen LogP contribution in [0.1, 0.15) is 5.56 Å². The first-order chi connectivity index (χ1) is 6.56. The Morgan fingerprint density at radius 3 is 2.79 bits per heavy atom. The number of phenolic OH excluding ortho intramolecular Hbond substituents is 1. The number of nitro groups is 1. The van der Waals surface area contributed by atoms with Crippen molar-refractivity contribution in [3.05, 3.63) is 32.3 Å². The molecule has 0 bridgehead atoms. The molecule has 76 valence electrons. The van der Waals surface area contributed by atoms with E-state index >= 15 is 0 Å². The Morgan fingerprint density at radius 1 is 1.64 bits per heavy atom. The average molecular weight is 262 g/mol. The van der Waals surface area contributed by atoms with Crippen LogP contribution in [0.3, 0.4) is 0 Å². The predicted molar refractivity (Wildman–Crippen MR) is 53.1 cm³/mol. The summed E-state index contributed by atoms with van der Waals surface area (Å²) < 4.78 is 5.14. The zero-order valence-corrected chi connectivity index (χ0v) is 8.94. The predicted octanol–water partition coefficient (Wildman–Crippen LogP) is 1.94. The number of rotatable bonds is 3. The third kappa shape index (κ3) is 2.14. The molecule has 0 fully saturated rings. The quantitative estimate of drug-likeness (QED) is 0.667. The molecule has 1 aromatic rings. The van der Waals surface area contributed by atoms with Gasteiger partial charge in [0.2, 0.25) is 6.54 Å². The first-order valence-corrected chi connectivity index (χ1v) is 4.51. The molecular weight excluding hydrogens is 254 g/mol. The molecule has 0 amide bonds. The van der Waals surface area contributed by atoms with Gasteiger partial charge in [-0.1, -0.05) is 0 Å². The Kier molecular flexibility index (Phi) is 3.29. The number of aromatic hydroxyl groups is 1. The van der Waals surface area contributed by atoms with Crippen molar-refractivity contribution in [2.45, 2.75) is 6.54 Å². The smallest absolute Gasteiger partial charge is 0.230 e. The molecule has 0 radical (unpaired) electrons. The minimum atomic E-state index is -0.466. The zero-order valence-electron chi connectivity index (χ0n) is 7.36. The number of methoxy groups -OCH3 is 1. The van der Waals surface area contributed by atoms with Crippen molar-refractivity contribution in [3.8, 4) is 11.5 Å². The first kappa shape index (κ1) is 10.8. The molecule has 14 heavy (non-hydrogen) atoms. The second-order valence-electron chi connectivity index (χ2n) is 2.58. The fourth-order valence-corrected chi connectivity index (χ4v) is 1.47. The Labute approximate surface area is 88.6 Å².